The van der Waals surface area contributed by atoms with Gasteiger partial charge in [-0.3, -0.25) is 19.7 Å². The highest BCUT2D eigenvalue weighted by molar-refractivity contribution is 5.95. The van der Waals surface area contributed by atoms with Crippen molar-refractivity contribution in [1.82, 2.24) is 9.80 Å². The van der Waals surface area contributed by atoms with Crippen LogP contribution in [0.5, 0.6) is 0 Å². The predicted molar refractivity (Wildman–Crippen MR) is 99.8 cm³/mol. The third-order valence-electron chi connectivity index (χ3n) is 4.82. The van der Waals surface area contributed by atoms with Gasteiger partial charge in [0.15, 0.2) is 0 Å². The second-order valence-corrected chi connectivity index (χ2v) is 6.70. The lowest BCUT2D eigenvalue weighted by Crippen LogP contribution is -2.48. The summed E-state index contributed by atoms with van der Waals surface area (Å²) >= 11 is 0. The van der Waals surface area contributed by atoms with Crippen molar-refractivity contribution in [1.29, 1.82) is 0 Å². The Morgan fingerprint density at radius 3 is 2.31 bits per heavy atom. The molecule has 0 bridgehead atoms. The van der Waals surface area contributed by atoms with Crippen molar-refractivity contribution in [2.24, 2.45) is 0 Å². The average Bonchev–Trinajstić information content (AvgIpc) is 2.67. The van der Waals surface area contributed by atoms with Crippen LogP contribution in [-0.4, -0.2) is 72.0 Å². The first-order chi connectivity index (χ1) is 13.5. The van der Waals surface area contributed by atoms with Crippen LogP contribution in [0.25, 0.3) is 0 Å². The molecule has 0 spiro atoms. The van der Waals surface area contributed by atoms with Crippen LogP contribution in [0.4, 0.5) is 24.5 Å². The molecule has 0 aliphatic carbocycles. The summed E-state index contributed by atoms with van der Waals surface area (Å²) in [6, 6.07) is 3.93. The number of alkyl halides is 3. The van der Waals surface area contributed by atoms with E-state index in [-0.39, 0.29) is 23.7 Å². The monoisotopic (exact) mass is 416 g/mol. The maximum absolute atomic E-state index is 12.6. The number of benzene rings is 1. The zero-order valence-corrected chi connectivity index (χ0v) is 16.2. The molecule has 1 fully saturated rings. The number of anilines is 1. The zero-order chi connectivity index (χ0) is 21.8. The van der Waals surface area contributed by atoms with E-state index in [0.717, 1.165) is 11.0 Å². The van der Waals surface area contributed by atoms with E-state index < -0.39 is 30.0 Å². The third-order valence-corrected chi connectivity index (χ3v) is 4.82. The Hall–Kier alpha value is -2.85. The normalized spacial score (nSPS) is 14.7. The van der Waals surface area contributed by atoms with E-state index in [1.165, 1.54) is 19.1 Å². The molecular weight excluding hydrogens is 393 g/mol. The summed E-state index contributed by atoms with van der Waals surface area (Å²) in [4.78, 5) is 39.3. The lowest BCUT2D eigenvalue weighted by atomic mass is 10.1. The summed E-state index contributed by atoms with van der Waals surface area (Å²) in [6.45, 7) is 4.20. The zero-order valence-electron chi connectivity index (χ0n) is 16.2. The molecule has 1 aliphatic heterocycles. The molecule has 1 saturated heterocycles. The molecule has 8 nitrogen and oxygen atoms in total. The molecule has 0 unspecified atom stereocenters. The molecule has 11 heteroatoms. The van der Waals surface area contributed by atoms with Gasteiger partial charge in [-0.25, -0.2) is 0 Å². The van der Waals surface area contributed by atoms with Crippen LogP contribution in [0.3, 0.4) is 0 Å². The Balaban J connectivity index is 2.21. The molecule has 0 radical (unpaired) electrons. The van der Waals surface area contributed by atoms with E-state index in [9.17, 15) is 32.9 Å². The highest BCUT2D eigenvalue weighted by Crippen LogP contribution is 2.31. The Kier molecular flexibility index (Phi) is 7.04. The van der Waals surface area contributed by atoms with Crippen LogP contribution in [0, 0.1) is 10.1 Å². The number of carbonyl (C=O) groups excluding carboxylic acids is 2. The number of nitro groups is 1. The molecule has 1 aromatic carbocycles. The van der Waals surface area contributed by atoms with Gasteiger partial charge in [-0.15, -0.1) is 0 Å². The van der Waals surface area contributed by atoms with Gasteiger partial charge in [-0.1, -0.05) is 0 Å². The van der Waals surface area contributed by atoms with Crippen molar-refractivity contribution in [3.63, 3.8) is 0 Å². The van der Waals surface area contributed by atoms with Gasteiger partial charge in [-0.05, 0) is 19.1 Å². The number of piperazine rings is 1. The van der Waals surface area contributed by atoms with E-state index >= 15 is 0 Å². The fourth-order valence-electron chi connectivity index (χ4n) is 3.18. The van der Waals surface area contributed by atoms with Crippen LogP contribution in [0.15, 0.2) is 18.2 Å². The highest BCUT2D eigenvalue weighted by Gasteiger charge is 2.30. The van der Waals surface area contributed by atoms with Crippen LogP contribution in [0.1, 0.15) is 30.6 Å². The summed E-state index contributed by atoms with van der Waals surface area (Å²) in [5.41, 5.74) is -0.0149. The van der Waals surface area contributed by atoms with Gasteiger partial charge in [-0.2, -0.15) is 13.2 Å². The molecule has 0 aromatic heterocycles. The first kappa shape index (κ1) is 22.4. The Bertz CT molecular complexity index is 777. The lowest BCUT2D eigenvalue weighted by molar-refractivity contribution is -0.384. The fourth-order valence-corrected chi connectivity index (χ4v) is 3.18. The Morgan fingerprint density at radius 1 is 1.21 bits per heavy atom. The average molecular weight is 416 g/mol. The SMILES string of the molecule is CCN(CCC(F)(F)F)C(=O)c1ccc(N2CCN(C(C)=O)CC2)c([N+](=O)[O-])c1. The van der Waals surface area contributed by atoms with Crippen molar-refractivity contribution in [2.75, 3.05) is 44.2 Å². The van der Waals surface area contributed by atoms with Gasteiger partial charge in [0.05, 0.1) is 11.3 Å². The molecule has 2 amide bonds. The van der Waals surface area contributed by atoms with E-state index in [0.29, 0.717) is 31.9 Å². The minimum absolute atomic E-state index is 0.0353. The molecule has 0 N–H and O–H groups in total. The number of carbonyl (C=O) groups is 2. The van der Waals surface area contributed by atoms with Crippen molar-refractivity contribution in [3.8, 4) is 0 Å². The molecule has 0 atom stereocenters. The van der Waals surface area contributed by atoms with E-state index in [1.807, 2.05) is 0 Å². The van der Waals surface area contributed by atoms with Crippen LogP contribution in [-0.2, 0) is 4.79 Å². The summed E-state index contributed by atoms with van der Waals surface area (Å²) in [6.07, 6.45) is -5.54. The molecule has 1 heterocycles. The second kappa shape index (κ2) is 9.10. The maximum Gasteiger partial charge on any atom is 0.390 e. The molecule has 0 saturated carbocycles. The number of rotatable bonds is 6. The number of halogens is 3. The van der Waals surface area contributed by atoms with E-state index in [1.54, 1.807) is 16.7 Å². The quantitative estimate of drug-likeness (QED) is 0.526. The summed E-state index contributed by atoms with van der Waals surface area (Å²) in [7, 11) is 0. The molecule has 1 aromatic rings. The first-order valence-corrected chi connectivity index (χ1v) is 9.18. The molecule has 29 heavy (non-hydrogen) atoms. The summed E-state index contributed by atoms with van der Waals surface area (Å²) in [5.74, 6) is -0.758. The van der Waals surface area contributed by atoms with Gasteiger partial charge < -0.3 is 14.7 Å². The smallest absolute Gasteiger partial charge is 0.362 e. The van der Waals surface area contributed by atoms with Crippen LogP contribution in [0.2, 0.25) is 0 Å². The minimum atomic E-state index is -4.40. The lowest BCUT2D eigenvalue weighted by Gasteiger charge is -2.35. The molecule has 2 rings (SSSR count). The topological polar surface area (TPSA) is 87.0 Å². The number of hydrogen-bond donors (Lipinski definition) is 0. The van der Waals surface area contributed by atoms with Gasteiger partial charge in [0.1, 0.15) is 5.69 Å². The largest absolute Gasteiger partial charge is 0.390 e. The number of nitro benzene ring substituents is 1. The number of hydrogen-bond acceptors (Lipinski definition) is 5. The van der Waals surface area contributed by atoms with Gasteiger partial charge in [0.25, 0.3) is 11.6 Å². The minimum Gasteiger partial charge on any atom is -0.362 e. The Morgan fingerprint density at radius 2 is 1.83 bits per heavy atom. The second-order valence-electron chi connectivity index (χ2n) is 6.70. The molecule has 1 aliphatic rings. The predicted octanol–water partition coefficient (Wildman–Crippen LogP) is 2.68. The Labute approximate surface area is 166 Å². The first-order valence-electron chi connectivity index (χ1n) is 9.18. The van der Waals surface area contributed by atoms with Crippen molar-refractivity contribution in [2.45, 2.75) is 26.4 Å². The summed E-state index contributed by atoms with van der Waals surface area (Å²) in [5, 5.41) is 11.5. The molecule has 160 valence electrons. The van der Waals surface area contributed by atoms with Crippen molar-refractivity contribution < 1.29 is 27.7 Å². The maximum atomic E-state index is 12.6. The number of amides is 2. The van der Waals surface area contributed by atoms with Crippen molar-refractivity contribution >= 4 is 23.2 Å². The van der Waals surface area contributed by atoms with Crippen molar-refractivity contribution in [3.05, 3.63) is 33.9 Å². The highest BCUT2D eigenvalue weighted by atomic mass is 19.4. The van der Waals surface area contributed by atoms with Crippen LogP contribution >= 0.6 is 0 Å². The van der Waals surface area contributed by atoms with Gasteiger partial charge >= 0.3 is 6.18 Å². The summed E-state index contributed by atoms with van der Waals surface area (Å²) < 4.78 is 37.4. The van der Waals surface area contributed by atoms with Crippen LogP contribution < -0.4 is 4.90 Å². The van der Waals surface area contributed by atoms with Gasteiger partial charge in [0.2, 0.25) is 5.91 Å². The fraction of sp³-hybridized carbons (Fsp3) is 0.556. The molecular formula is C18H23F3N4O4. The number of nitrogens with zero attached hydrogens (tertiary/aromatic N) is 4. The third kappa shape index (κ3) is 5.81. The standard InChI is InChI=1S/C18H23F3N4O4/c1-3-22(7-6-18(19,20)21)17(27)14-4-5-15(16(12-14)25(28)29)24-10-8-23(9-11-24)13(2)26/h4-5,12H,3,6-11H2,1-2H3. The van der Waals surface area contributed by atoms with Gasteiger partial charge in [0, 0.05) is 57.8 Å². The van der Waals surface area contributed by atoms with E-state index in [4.69, 9.17) is 0 Å². The van der Waals surface area contributed by atoms with E-state index in [2.05, 4.69) is 0 Å².